The molecule has 2 aromatic heterocycles. The van der Waals surface area contributed by atoms with Crippen molar-refractivity contribution in [3.05, 3.63) is 42.2 Å². The monoisotopic (exact) mass is 380 g/mol. The van der Waals surface area contributed by atoms with Crippen LogP contribution < -0.4 is 10.6 Å². The fourth-order valence-corrected chi connectivity index (χ4v) is 3.48. The molecular formula is C20H24N6O2. The van der Waals surface area contributed by atoms with Crippen molar-refractivity contribution in [2.75, 3.05) is 39.0 Å². The second kappa shape index (κ2) is 7.95. The van der Waals surface area contributed by atoms with Crippen LogP contribution in [0.15, 0.2) is 36.7 Å². The van der Waals surface area contributed by atoms with Crippen molar-refractivity contribution in [2.45, 2.75) is 12.5 Å². The van der Waals surface area contributed by atoms with Gasteiger partial charge in [-0.1, -0.05) is 0 Å². The van der Waals surface area contributed by atoms with Crippen LogP contribution in [0.2, 0.25) is 0 Å². The molecule has 0 fully saturated rings. The van der Waals surface area contributed by atoms with Gasteiger partial charge in [0.2, 0.25) is 0 Å². The van der Waals surface area contributed by atoms with Gasteiger partial charge in [0.05, 0.1) is 11.2 Å². The number of benzene rings is 1. The fraction of sp³-hybridized carbons (Fsp3) is 0.350. The van der Waals surface area contributed by atoms with Crippen LogP contribution in [0, 0.1) is 0 Å². The van der Waals surface area contributed by atoms with Crippen LogP contribution in [-0.2, 0) is 4.74 Å². The topological polar surface area (TPSA) is 95.2 Å². The van der Waals surface area contributed by atoms with Gasteiger partial charge in [-0.25, -0.2) is 4.79 Å². The number of pyridine rings is 1. The first-order valence-corrected chi connectivity index (χ1v) is 9.39. The lowest BCUT2D eigenvalue weighted by Gasteiger charge is -2.28. The summed E-state index contributed by atoms with van der Waals surface area (Å²) in [5, 5.41) is 14.5. The summed E-state index contributed by atoms with van der Waals surface area (Å²) in [6, 6.07) is 7.87. The quantitative estimate of drug-likeness (QED) is 0.583. The summed E-state index contributed by atoms with van der Waals surface area (Å²) < 4.78 is 5.61. The Hall–Kier alpha value is -2.97. The number of cyclic esters (lactones) is 1. The molecule has 1 aliphatic heterocycles. The predicted octanol–water partition coefficient (Wildman–Crippen LogP) is 2.77. The maximum absolute atomic E-state index is 12.0. The Morgan fingerprint density at radius 2 is 2.07 bits per heavy atom. The molecule has 1 atom stereocenters. The highest BCUT2D eigenvalue weighted by Gasteiger charge is 2.28. The summed E-state index contributed by atoms with van der Waals surface area (Å²) in [4.78, 5) is 18.3. The highest BCUT2D eigenvalue weighted by atomic mass is 16.6. The molecule has 0 spiro atoms. The van der Waals surface area contributed by atoms with Gasteiger partial charge >= 0.3 is 6.09 Å². The highest BCUT2D eigenvalue weighted by Crippen LogP contribution is 2.38. The lowest BCUT2D eigenvalue weighted by Crippen LogP contribution is -2.31. The molecule has 1 aliphatic rings. The van der Waals surface area contributed by atoms with Gasteiger partial charge in [-0.2, -0.15) is 5.10 Å². The number of aromatic amines is 1. The van der Waals surface area contributed by atoms with Crippen LogP contribution in [0.4, 0.5) is 10.5 Å². The molecule has 8 nitrogen and oxygen atoms in total. The number of H-pyrrole nitrogens is 1. The van der Waals surface area contributed by atoms with Crippen molar-refractivity contribution in [2.24, 2.45) is 0 Å². The van der Waals surface area contributed by atoms with Crippen LogP contribution in [0.1, 0.15) is 18.1 Å². The predicted molar refractivity (Wildman–Crippen MR) is 108 cm³/mol. The average Bonchev–Trinajstić information content (AvgIpc) is 3.12. The normalized spacial score (nSPS) is 16.1. The van der Waals surface area contributed by atoms with Gasteiger partial charge in [-0.15, -0.1) is 0 Å². The van der Waals surface area contributed by atoms with E-state index in [0.29, 0.717) is 0 Å². The number of carbonyl (C=O) groups excluding carboxylic acids is 1. The number of ether oxygens (including phenoxy) is 1. The minimum absolute atomic E-state index is 0.287. The Balaban J connectivity index is 1.65. The standard InChI is InChI=1S/C20H24N6O2/c1-21-8-10-26(2)9-5-18-14-11-15-17(12-16(14)23-20(27)28-18)24-25-19(15)13-3-6-22-7-4-13/h3-4,6-7,11-12,18,21H,5,8-10H2,1-2H3,(H,23,27)(H,24,25). The second-order valence-corrected chi connectivity index (χ2v) is 7.01. The molecule has 0 bridgehead atoms. The van der Waals surface area contributed by atoms with Crippen molar-refractivity contribution < 1.29 is 9.53 Å². The van der Waals surface area contributed by atoms with Crippen molar-refractivity contribution in [3.63, 3.8) is 0 Å². The van der Waals surface area contributed by atoms with E-state index in [4.69, 9.17) is 4.74 Å². The van der Waals surface area contributed by atoms with E-state index in [-0.39, 0.29) is 6.10 Å². The molecule has 3 heterocycles. The number of likely N-dealkylation sites (N-methyl/N-ethyl adjacent to an activating group) is 2. The first kappa shape index (κ1) is 18.4. The van der Waals surface area contributed by atoms with E-state index in [1.807, 2.05) is 25.2 Å². The van der Waals surface area contributed by atoms with Gasteiger partial charge < -0.3 is 15.0 Å². The van der Waals surface area contributed by atoms with Gasteiger partial charge in [0.25, 0.3) is 0 Å². The number of aromatic nitrogens is 3. The van der Waals surface area contributed by atoms with Gasteiger partial charge in [0, 0.05) is 55.0 Å². The Kier molecular flexibility index (Phi) is 5.23. The smallest absolute Gasteiger partial charge is 0.412 e. The third kappa shape index (κ3) is 3.69. The molecule has 1 aromatic carbocycles. The molecule has 28 heavy (non-hydrogen) atoms. The maximum Gasteiger partial charge on any atom is 0.412 e. The number of anilines is 1. The summed E-state index contributed by atoms with van der Waals surface area (Å²) in [5.74, 6) is 0. The van der Waals surface area contributed by atoms with Gasteiger partial charge in [0.1, 0.15) is 11.8 Å². The molecule has 3 aromatic rings. The third-order valence-electron chi connectivity index (χ3n) is 5.04. The summed E-state index contributed by atoms with van der Waals surface area (Å²) in [5.41, 5.74) is 4.48. The lowest BCUT2D eigenvalue weighted by atomic mass is 9.98. The summed E-state index contributed by atoms with van der Waals surface area (Å²) in [6.07, 6.45) is 3.53. The van der Waals surface area contributed by atoms with Gasteiger partial charge in [-0.3, -0.25) is 15.4 Å². The van der Waals surface area contributed by atoms with Crippen LogP contribution in [0.25, 0.3) is 22.2 Å². The number of rotatable bonds is 7. The third-order valence-corrected chi connectivity index (χ3v) is 5.04. The largest absolute Gasteiger partial charge is 0.441 e. The molecule has 0 radical (unpaired) electrons. The Bertz CT molecular complexity index is 971. The molecule has 0 aliphatic carbocycles. The molecule has 146 valence electrons. The number of amides is 1. The van der Waals surface area contributed by atoms with E-state index in [1.165, 1.54) is 0 Å². The SMILES string of the molecule is CNCCN(C)CCC1OC(=O)Nc2cc3[nH]nc(-c4ccncc4)c3cc21. The molecule has 0 saturated carbocycles. The van der Waals surface area contributed by atoms with Crippen molar-refractivity contribution in [3.8, 4) is 11.3 Å². The first-order valence-electron chi connectivity index (χ1n) is 9.39. The van der Waals surface area contributed by atoms with Gasteiger partial charge in [-0.05, 0) is 38.4 Å². The van der Waals surface area contributed by atoms with Crippen LogP contribution >= 0.6 is 0 Å². The van der Waals surface area contributed by atoms with E-state index >= 15 is 0 Å². The number of nitrogens with one attached hydrogen (secondary N) is 3. The van der Waals surface area contributed by atoms with E-state index in [2.05, 4.69) is 43.8 Å². The number of fused-ring (bicyclic) bond motifs is 2. The van der Waals surface area contributed by atoms with Crippen molar-refractivity contribution in [1.29, 1.82) is 0 Å². The zero-order valence-corrected chi connectivity index (χ0v) is 16.0. The first-order chi connectivity index (χ1) is 13.7. The number of nitrogens with zero attached hydrogens (tertiary/aromatic N) is 3. The molecule has 8 heteroatoms. The molecule has 1 amide bonds. The van der Waals surface area contributed by atoms with Crippen molar-refractivity contribution in [1.82, 2.24) is 25.4 Å². The van der Waals surface area contributed by atoms with E-state index in [9.17, 15) is 4.79 Å². The minimum Gasteiger partial charge on any atom is -0.441 e. The molecular weight excluding hydrogens is 356 g/mol. The lowest BCUT2D eigenvalue weighted by molar-refractivity contribution is 0.0940. The molecule has 3 N–H and O–H groups in total. The average molecular weight is 380 g/mol. The minimum atomic E-state index is -0.413. The zero-order chi connectivity index (χ0) is 19.5. The van der Waals surface area contributed by atoms with E-state index in [1.54, 1.807) is 12.4 Å². The van der Waals surface area contributed by atoms with Crippen molar-refractivity contribution >= 4 is 22.7 Å². The zero-order valence-electron chi connectivity index (χ0n) is 16.0. The summed E-state index contributed by atoms with van der Waals surface area (Å²) >= 11 is 0. The number of hydrogen-bond donors (Lipinski definition) is 3. The number of hydrogen-bond acceptors (Lipinski definition) is 6. The summed E-state index contributed by atoms with van der Waals surface area (Å²) in [7, 11) is 4.01. The van der Waals surface area contributed by atoms with Crippen LogP contribution in [-0.4, -0.2) is 59.9 Å². The highest BCUT2D eigenvalue weighted by molar-refractivity contribution is 5.98. The maximum atomic E-state index is 12.0. The second-order valence-electron chi connectivity index (χ2n) is 7.01. The summed E-state index contributed by atoms with van der Waals surface area (Å²) in [6.45, 7) is 2.69. The molecule has 4 rings (SSSR count). The van der Waals surface area contributed by atoms with E-state index in [0.717, 1.165) is 59.5 Å². The van der Waals surface area contributed by atoms with Crippen LogP contribution in [0.3, 0.4) is 0 Å². The number of carbonyl (C=O) groups is 1. The fourth-order valence-electron chi connectivity index (χ4n) is 3.48. The van der Waals surface area contributed by atoms with Crippen LogP contribution in [0.5, 0.6) is 0 Å². The van der Waals surface area contributed by atoms with Gasteiger partial charge in [0.15, 0.2) is 0 Å². The molecule has 1 unspecified atom stereocenters. The Labute approximate surface area is 163 Å². The van der Waals surface area contributed by atoms with E-state index < -0.39 is 6.09 Å². The Morgan fingerprint density at radius 3 is 2.86 bits per heavy atom. The Morgan fingerprint density at radius 1 is 1.25 bits per heavy atom. The molecule has 0 saturated heterocycles.